The fraction of sp³-hybridized carbons (Fsp3) is 0.333. The molecule has 1 saturated carbocycles. The molecule has 0 spiro atoms. The number of rotatable bonds is 4. The molecule has 12 rings (SSSR count). The van der Waals surface area contributed by atoms with Crippen LogP contribution < -0.4 is 31.1 Å². The summed E-state index contributed by atoms with van der Waals surface area (Å²) < 4.78 is 6.99. The van der Waals surface area contributed by atoms with Gasteiger partial charge in [-0.05, 0) is 148 Å². The van der Waals surface area contributed by atoms with Crippen LogP contribution in [-0.4, -0.2) is 12.3 Å². The lowest BCUT2D eigenvalue weighted by Gasteiger charge is -2.52. The predicted octanol–water partition coefficient (Wildman–Crippen LogP) is 15.6. The van der Waals surface area contributed by atoms with Gasteiger partial charge in [-0.2, -0.15) is 0 Å². The SMILES string of the molecule is Cc1cc2c3c(c1)N1c4c(cc(C(C)(C)C)cc4C4(C)CCCCC14C)B3c1ccc(N(c3ccc(C(C)(C)C)cc3)c3ccc(C(C)(C)C)cc3)cc1N2c1cccc2c1oc1ccccc12. The molecule has 2 atom stereocenters. The van der Waals surface area contributed by atoms with Crippen molar-refractivity contribution in [3.8, 4) is 0 Å². The smallest absolute Gasteiger partial charge is 0.252 e. The van der Waals surface area contributed by atoms with Crippen molar-refractivity contribution in [3.63, 3.8) is 0 Å². The Hall–Kier alpha value is -6.20. The van der Waals surface area contributed by atoms with E-state index in [1.807, 2.05) is 0 Å². The number of aryl methyl sites for hydroxylation is 1. The Morgan fingerprint density at radius 2 is 1.15 bits per heavy atom. The molecule has 0 saturated heterocycles. The van der Waals surface area contributed by atoms with Gasteiger partial charge in [-0.15, -0.1) is 0 Å². The Balaban J connectivity index is 1.17. The van der Waals surface area contributed by atoms with Crippen LogP contribution in [0.1, 0.15) is 130 Å². The van der Waals surface area contributed by atoms with E-state index in [-0.39, 0.29) is 33.9 Å². The first-order valence-corrected chi connectivity index (χ1v) is 25.3. The summed E-state index contributed by atoms with van der Waals surface area (Å²) in [6.45, 7) is 28.5. The number of fused-ring (bicyclic) bond motifs is 10. The normalized spacial score (nSPS) is 19.6. The fourth-order valence-corrected chi connectivity index (χ4v) is 12.9. The highest BCUT2D eigenvalue weighted by Gasteiger charge is 2.61. The zero-order valence-electron chi connectivity index (χ0n) is 42.4. The Kier molecular flexibility index (Phi) is 9.14. The zero-order valence-corrected chi connectivity index (χ0v) is 42.4. The summed E-state index contributed by atoms with van der Waals surface area (Å²) in [5, 5.41) is 2.27. The van der Waals surface area contributed by atoms with Gasteiger partial charge in [-0.25, -0.2) is 0 Å². The summed E-state index contributed by atoms with van der Waals surface area (Å²) in [5.41, 5.74) is 22.6. The van der Waals surface area contributed by atoms with Gasteiger partial charge in [0.25, 0.3) is 6.71 Å². The first-order valence-electron chi connectivity index (χ1n) is 25.3. The van der Waals surface area contributed by atoms with Crippen LogP contribution in [-0.2, 0) is 21.7 Å². The molecule has 1 fully saturated rings. The van der Waals surface area contributed by atoms with E-state index in [4.69, 9.17) is 4.42 Å². The van der Waals surface area contributed by atoms with E-state index < -0.39 is 0 Å². The topological polar surface area (TPSA) is 22.9 Å². The first kappa shape index (κ1) is 43.1. The maximum absolute atomic E-state index is 6.99. The van der Waals surface area contributed by atoms with Crippen LogP contribution in [0.5, 0.6) is 0 Å². The maximum atomic E-state index is 6.99. The molecule has 342 valence electrons. The minimum absolute atomic E-state index is 0.0124. The second kappa shape index (κ2) is 14.4. The molecule has 1 aromatic heterocycles. The van der Waals surface area contributed by atoms with Crippen molar-refractivity contribution in [2.75, 3.05) is 14.7 Å². The third-order valence-corrected chi connectivity index (χ3v) is 16.9. The molecule has 8 aromatic rings. The van der Waals surface area contributed by atoms with E-state index in [1.54, 1.807) is 5.56 Å². The number of furan rings is 1. The molecule has 7 aromatic carbocycles. The van der Waals surface area contributed by atoms with Gasteiger partial charge in [0.05, 0.1) is 11.2 Å². The van der Waals surface area contributed by atoms with E-state index in [1.165, 1.54) is 87.1 Å². The lowest BCUT2D eigenvalue weighted by Crippen LogP contribution is -2.64. The Labute approximate surface area is 405 Å². The summed E-state index contributed by atoms with van der Waals surface area (Å²) in [4.78, 5) is 7.89. The molecule has 68 heavy (non-hydrogen) atoms. The van der Waals surface area contributed by atoms with Crippen LogP contribution in [0.25, 0.3) is 21.9 Å². The number of benzene rings is 7. The van der Waals surface area contributed by atoms with Gasteiger partial charge in [0.2, 0.25) is 0 Å². The molecule has 4 heterocycles. The van der Waals surface area contributed by atoms with Crippen LogP contribution in [0.4, 0.5) is 45.5 Å². The maximum Gasteiger partial charge on any atom is 0.252 e. The molecule has 1 aliphatic carbocycles. The van der Waals surface area contributed by atoms with Crippen LogP contribution in [0.2, 0.25) is 0 Å². The number of nitrogens with zero attached hydrogens (tertiary/aromatic N) is 3. The lowest BCUT2D eigenvalue weighted by molar-refractivity contribution is 0.195. The number of anilines is 8. The molecule has 4 nitrogen and oxygen atoms in total. The molecule has 0 N–H and O–H groups in total. The number of hydrogen-bond acceptors (Lipinski definition) is 4. The standard InChI is InChI=1S/C63H66BN3O/c1-39-34-53-56-54(35-39)67-57-48(62(11)32-15-16-33-63(62,67)12)36-42(61(8,9)10)37-50(57)64(56)49-31-30-45(38-52(49)66(53)51-20-17-19-47-46-18-13-14-21-55(46)68-58(47)51)65(43-26-22-40(23-27-43)59(2,3)4)44-28-24-41(25-29-44)60(5,6)7/h13-14,17-31,34-38H,15-16,32-33H2,1-12H3. The number of hydrogen-bond donors (Lipinski definition) is 0. The summed E-state index contributed by atoms with van der Waals surface area (Å²) in [7, 11) is 0. The van der Waals surface area contributed by atoms with E-state index in [0.29, 0.717) is 0 Å². The van der Waals surface area contributed by atoms with Gasteiger partial charge in [0.1, 0.15) is 5.58 Å². The summed E-state index contributed by atoms with van der Waals surface area (Å²) in [5.74, 6) is 0. The van der Waals surface area contributed by atoms with Gasteiger partial charge in [0.15, 0.2) is 5.58 Å². The first-order chi connectivity index (χ1) is 32.3. The average molecular weight is 892 g/mol. The predicted molar refractivity (Wildman–Crippen MR) is 291 cm³/mol. The van der Waals surface area contributed by atoms with Crippen molar-refractivity contribution < 1.29 is 4.42 Å². The molecular weight excluding hydrogens is 826 g/mol. The van der Waals surface area contributed by atoms with Crippen molar-refractivity contribution in [1.29, 1.82) is 0 Å². The molecule has 3 aliphatic heterocycles. The summed E-state index contributed by atoms with van der Waals surface area (Å²) >= 11 is 0. The zero-order chi connectivity index (χ0) is 47.4. The monoisotopic (exact) mass is 892 g/mol. The summed E-state index contributed by atoms with van der Waals surface area (Å²) in [6.07, 6.45) is 4.87. The Morgan fingerprint density at radius 3 is 1.81 bits per heavy atom. The van der Waals surface area contributed by atoms with E-state index in [2.05, 4.69) is 231 Å². The van der Waals surface area contributed by atoms with Gasteiger partial charge < -0.3 is 19.1 Å². The number of para-hydroxylation sites is 2. The van der Waals surface area contributed by atoms with Crippen molar-refractivity contribution in [2.24, 2.45) is 0 Å². The van der Waals surface area contributed by atoms with Gasteiger partial charge in [-0.1, -0.05) is 155 Å². The Bertz CT molecular complexity index is 3300. The van der Waals surface area contributed by atoms with Gasteiger partial charge in [-0.3, -0.25) is 0 Å². The molecule has 5 heteroatoms. The second-order valence-corrected chi connectivity index (χ2v) is 24.3. The second-order valence-electron chi connectivity index (χ2n) is 24.3. The largest absolute Gasteiger partial charge is 0.454 e. The van der Waals surface area contributed by atoms with Crippen molar-refractivity contribution >= 4 is 90.5 Å². The van der Waals surface area contributed by atoms with Crippen LogP contribution >= 0.6 is 0 Å². The third-order valence-electron chi connectivity index (χ3n) is 16.9. The third kappa shape index (κ3) is 6.12. The highest BCUT2D eigenvalue weighted by molar-refractivity contribution is 7.00. The van der Waals surface area contributed by atoms with Crippen LogP contribution in [0, 0.1) is 6.92 Å². The summed E-state index contributed by atoms with van der Waals surface area (Å²) in [6, 6.07) is 51.3. The molecule has 0 bridgehead atoms. The van der Waals surface area contributed by atoms with Crippen molar-refractivity contribution in [3.05, 3.63) is 161 Å². The Morgan fingerprint density at radius 1 is 0.544 bits per heavy atom. The highest BCUT2D eigenvalue weighted by Crippen LogP contribution is 2.62. The molecule has 0 amide bonds. The van der Waals surface area contributed by atoms with Crippen LogP contribution in [0.15, 0.2) is 138 Å². The average Bonchev–Trinajstić information content (AvgIpc) is 3.78. The molecule has 0 radical (unpaired) electrons. The minimum atomic E-state index is -0.0648. The van der Waals surface area contributed by atoms with E-state index in [0.717, 1.165) is 44.7 Å². The molecule has 2 unspecified atom stereocenters. The highest BCUT2D eigenvalue weighted by atomic mass is 16.3. The van der Waals surface area contributed by atoms with Crippen molar-refractivity contribution in [2.45, 2.75) is 136 Å². The van der Waals surface area contributed by atoms with Gasteiger partial charge >= 0.3 is 0 Å². The van der Waals surface area contributed by atoms with E-state index in [9.17, 15) is 0 Å². The minimum Gasteiger partial charge on any atom is -0.454 e. The van der Waals surface area contributed by atoms with Crippen LogP contribution in [0.3, 0.4) is 0 Å². The molecule has 4 aliphatic rings. The quantitative estimate of drug-likeness (QED) is 0.164. The van der Waals surface area contributed by atoms with Crippen molar-refractivity contribution in [1.82, 2.24) is 0 Å². The fourth-order valence-electron chi connectivity index (χ4n) is 12.9. The lowest BCUT2D eigenvalue weighted by atomic mass is 9.33. The van der Waals surface area contributed by atoms with E-state index >= 15 is 0 Å². The molecular formula is C63H66BN3O. The van der Waals surface area contributed by atoms with Gasteiger partial charge in [0, 0.05) is 56.0 Å².